The number of esters is 1. The van der Waals surface area contributed by atoms with E-state index < -0.39 is 0 Å². The monoisotopic (exact) mass is 309 g/mol. The third-order valence-electron chi connectivity index (χ3n) is 3.82. The first-order valence-corrected chi connectivity index (χ1v) is 7.54. The maximum absolute atomic E-state index is 12.2. The average Bonchev–Trinajstić information content (AvgIpc) is 3.19. The molecule has 2 aromatic heterocycles. The molecule has 3 aromatic rings. The number of aromatic nitrogens is 3. The van der Waals surface area contributed by atoms with E-state index in [2.05, 4.69) is 4.98 Å². The smallest absolute Gasteiger partial charge is 0.338 e. The number of hydrogen-bond acceptors (Lipinski definition) is 3. The molecular formula is C18H19N3O2. The largest absolute Gasteiger partial charge is 0.460 e. The molecule has 0 bridgehead atoms. The Morgan fingerprint density at radius 1 is 1.17 bits per heavy atom. The van der Waals surface area contributed by atoms with Gasteiger partial charge in [0.05, 0.1) is 12.1 Å². The molecule has 0 N–H and O–H groups in total. The number of nitrogens with zero attached hydrogens (tertiary/aromatic N) is 3. The van der Waals surface area contributed by atoms with Crippen molar-refractivity contribution in [1.82, 2.24) is 14.1 Å². The normalized spacial score (nSPS) is 10.7. The first-order valence-electron chi connectivity index (χ1n) is 7.54. The molecule has 118 valence electrons. The van der Waals surface area contributed by atoms with Gasteiger partial charge in [-0.05, 0) is 49.7 Å². The van der Waals surface area contributed by atoms with Crippen LogP contribution in [0.15, 0.2) is 55.1 Å². The molecule has 5 heteroatoms. The van der Waals surface area contributed by atoms with E-state index in [-0.39, 0.29) is 5.97 Å². The molecule has 0 spiro atoms. The van der Waals surface area contributed by atoms with E-state index in [4.69, 9.17) is 4.74 Å². The topological polar surface area (TPSA) is 49.0 Å². The second-order valence-electron chi connectivity index (χ2n) is 5.39. The van der Waals surface area contributed by atoms with Crippen LogP contribution in [0.4, 0.5) is 0 Å². The van der Waals surface area contributed by atoms with E-state index in [1.54, 1.807) is 6.20 Å². The minimum atomic E-state index is -0.292. The number of rotatable bonds is 5. The Morgan fingerprint density at radius 3 is 2.61 bits per heavy atom. The molecule has 0 aliphatic rings. The molecule has 0 aliphatic carbocycles. The molecule has 5 nitrogen and oxygen atoms in total. The van der Waals surface area contributed by atoms with Crippen LogP contribution in [0.1, 0.15) is 21.7 Å². The van der Waals surface area contributed by atoms with Gasteiger partial charge in [0.2, 0.25) is 0 Å². The lowest BCUT2D eigenvalue weighted by molar-refractivity contribution is 0.0490. The molecule has 2 heterocycles. The van der Waals surface area contributed by atoms with Crippen molar-refractivity contribution in [3.8, 4) is 5.69 Å². The highest BCUT2D eigenvalue weighted by Crippen LogP contribution is 2.16. The summed E-state index contributed by atoms with van der Waals surface area (Å²) >= 11 is 0. The predicted molar refractivity (Wildman–Crippen MR) is 87.8 cm³/mol. The third kappa shape index (κ3) is 3.34. The molecule has 1 aromatic carbocycles. The van der Waals surface area contributed by atoms with Crippen molar-refractivity contribution < 1.29 is 9.53 Å². The van der Waals surface area contributed by atoms with Gasteiger partial charge in [0.25, 0.3) is 0 Å². The summed E-state index contributed by atoms with van der Waals surface area (Å²) in [6.45, 7) is 4.78. The van der Waals surface area contributed by atoms with Crippen LogP contribution in [-0.2, 0) is 11.3 Å². The Kier molecular flexibility index (Phi) is 4.28. The highest BCUT2D eigenvalue weighted by atomic mass is 16.5. The summed E-state index contributed by atoms with van der Waals surface area (Å²) in [4.78, 5) is 16.4. The van der Waals surface area contributed by atoms with Gasteiger partial charge in [0, 0.05) is 30.5 Å². The molecule has 0 radical (unpaired) electrons. The lowest BCUT2D eigenvalue weighted by atomic mass is 10.1. The fourth-order valence-corrected chi connectivity index (χ4v) is 2.50. The Morgan fingerprint density at radius 2 is 1.96 bits per heavy atom. The Bertz CT molecular complexity index is 804. The van der Waals surface area contributed by atoms with Gasteiger partial charge in [-0.25, -0.2) is 9.78 Å². The Balaban J connectivity index is 1.64. The fraction of sp³-hybridized carbons (Fsp3) is 0.222. The van der Waals surface area contributed by atoms with Gasteiger partial charge >= 0.3 is 5.97 Å². The fourth-order valence-electron chi connectivity index (χ4n) is 2.50. The summed E-state index contributed by atoms with van der Waals surface area (Å²) in [5.74, 6) is 0.618. The molecular weight excluding hydrogens is 290 g/mol. The van der Waals surface area contributed by atoms with Gasteiger partial charge in [-0.2, -0.15) is 0 Å². The standard InChI is InChI=1S/C18H19N3O2/c1-14-13-16(21-8-3-4-9-21)5-6-17(14)18(22)23-12-11-20-10-7-19-15(20)2/h3-10,13H,11-12H2,1-2H3. The molecule has 0 amide bonds. The third-order valence-corrected chi connectivity index (χ3v) is 3.82. The minimum Gasteiger partial charge on any atom is -0.460 e. The van der Waals surface area contributed by atoms with E-state index in [0.717, 1.165) is 17.1 Å². The molecule has 23 heavy (non-hydrogen) atoms. The van der Waals surface area contributed by atoms with Gasteiger partial charge < -0.3 is 13.9 Å². The zero-order valence-corrected chi connectivity index (χ0v) is 13.3. The maximum Gasteiger partial charge on any atom is 0.338 e. The van der Waals surface area contributed by atoms with Crippen LogP contribution >= 0.6 is 0 Å². The first-order chi connectivity index (χ1) is 11.1. The van der Waals surface area contributed by atoms with Crippen LogP contribution in [0, 0.1) is 13.8 Å². The van der Waals surface area contributed by atoms with Gasteiger partial charge in [0.1, 0.15) is 12.4 Å². The van der Waals surface area contributed by atoms with Crippen LogP contribution in [0.5, 0.6) is 0 Å². The van der Waals surface area contributed by atoms with Crippen molar-refractivity contribution in [2.24, 2.45) is 0 Å². The van der Waals surface area contributed by atoms with Crippen molar-refractivity contribution in [3.05, 3.63) is 72.1 Å². The minimum absolute atomic E-state index is 0.292. The van der Waals surface area contributed by atoms with E-state index >= 15 is 0 Å². The predicted octanol–water partition coefficient (Wildman–Crippen LogP) is 3.15. The number of imidazole rings is 1. The molecule has 0 atom stereocenters. The summed E-state index contributed by atoms with van der Waals surface area (Å²) in [6.07, 6.45) is 7.56. The lowest BCUT2D eigenvalue weighted by Crippen LogP contribution is -2.13. The second-order valence-corrected chi connectivity index (χ2v) is 5.39. The SMILES string of the molecule is Cc1cc(-n2cccc2)ccc1C(=O)OCCn1ccnc1C. The molecule has 0 saturated heterocycles. The van der Waals surface area contributed by atoms with Crippen LogP contribution < -0.4 is 0 Å². The van der Waals surface area contributed by atoms with E-state index in [9.17, 15) is 4.79 Å². The highest BCUT2D eigenvalue weighted by Gasteiger charge is 2.11. The number of carbonyl (C=O) groups excluding carboxylic acids is 1. The molecule has 0 aliphatic heterocycles. The Hall–Kier alpha value is -2.82. The zero-order chi connectivity index (χ0) is 16.2. The van der Waals surface area contributed by atoms with Crippen LogP contribution in [0.3, 0.4) is 0 Å². The van der Waals surface area contributed by atoms with Crippen LogP contribution in [0.25, 0.3) is 5.69 Å². The molecule has 0 unspecified atom stereocenters. The number of carbonyl (C=O) groups is 1. The number of ether oxygens (including phenoxy) is 1. The molecule has 0 saturated carbocycles. The number of aryl methyl sites for hydroxylation is 2. The summed E-state index contributed by atoms with van der Waals surface area (Å²) in [5.41, 5.74) is 2.53. The first kappa shape index (κ1) is 15.1. The van der Waals surface area contributed by atoms with Crippen molar-refractivity contribution in [2.75, 3.05) is 6.61 Å². The van der Waals surface area contributed by atoms with Crippen molar-refractivity contribution >= 4 is 5.97 Å². The van der Waals surface area contributed by atoms with E-state index in [1.807, 2.05) is 71.9 Å². The van der Waals surface area contributed by atoms with E-state index in [1.165, 1.54) is 0 Å². The van der Waals surface area contributed by atoms with Crippen molar-refractivity contribution in [1.29, 1.82) is 0 Å². The average molecular weight is 309 g/mol. The quantitative estimate of drug-likeness (QED) is 0.680. The molecule has 3 rings (SSSR count). The summed E-state index contributed by atoms with van der Waals surface area (Å²) in [7, 11) is 0. The van der Waals surface area contributed by atoms with Crippen molar-refractivity contribution in [2.45, 2.75) is 20.4 Å². The van der Waals surface area contributed by atoms with Gasteiger partial charge in [-0.3, -0.25) is 0 Å². The zero-order valence-electron chi connectivity index (χ0n) is 13.3. The molecule has 0 fully saturated rings. The number of hydrogen-bond donors (Lipinski definition) is 0. The summed E-state index contributed by atoms with van der Waals surface area (Å²) in [5, 5.41) is 0. The van der Waals surface area contributed by atoms with Gasteiger partial charge in [0.15, 0.2) is 0 Å². The highest BCUT2D eigenvalue weighted by molar-refractivity contribution is 5.91. The summed E-state index contributed by atoms with van der Waals surface area (Å²) in [6, 6.07) is 9.65. The second kappa shape index (κ2) is 6.52. The maximum atomic E-state index is 12.2. The van der Waals surface area contributed by atoms with Crippen LogP contribution in [0.2, 0.25) is 0 Å². The van der Waals surface area contributed by atoms with Crippen LogP contribution in [-0.4, -0.2) is 26.7 Å². The number of benzene rings is 1. The van der Waals surface area contributed by atoms with Gasteiger partial charge in [-0.15, -0.1) is 0 Å². The summed E-state index contributed by atoms with van der Waals surface area (Å²) < 4.78 is 9.33. The lowest BCUT2D eigenvalue weighted by Gasteiger charge is -2.10. The van der Waals surface area contributed by atoms with E-state index in [0.29, 0.717) is 18.7 Å². The Labute approximate surface area is 135 Å². The van der Waals surface area contributed by atoms with Crippen molar-refractivity contribution in [3.63, 3.8) is 0 Å². The van der Waals surface area contributed by atoms with Gasteiger partial charge in [-0.1, -0.05) is 0 Å².